The van der Waals surface area contributed by atoms with Gasteiger partial charge in [-0.05, 0) is 63.5 Å². The molecule has 2 aliphatic heterocycles. The Kier molecular flexibility index (Phi) is 5.52. The molecule has 0 aromatic rings. The molecule has 19 heavy (non-hydrogen) atoms. The average molecular weight is 287 g/mol. The molecule has 1 saturated carbocycles. The van der Waals surface area contributed by atoms with Gasteiger partial charge in [0.2, 0.25) is 5.91 Å². The van der Waals surface area contributed by atoms with Crippen LogP contribution in [0, 0.1) is 11.8 Å². The number of nitrogens with zero attached hydrogens (tertiary/aromatic N) is 1. The van der Waals surface area contributed by atoms with Gasteiger partial charge in [-0.3, -0.25) is 4.79 Å². The van der Waals surface area contributed by atoms with Crippen LogP contribution in [-0.2, 0) is 4.79 Å². The Balaban J connectivity index is 0.00000133. The van der Waals surface area contributed by atoms with Crippen LogP contribution in [0.5, 0.6) is 0 Å². The largest absolute Gasteiger partial charge is 0.339 e. The lowest BCUT2D eigenvalue weighted by molar-refractivity contribution is -0.137. The van der Waals surface area contributed by atoms with Crippen molar-refractivity contribution < 1.29 is 4.79 Å². The van der Waals surface area contributed by atoms with Crippen molar-refractivity contribution in [2.75, 3.05) is 19.6 Å². The second kappa shape index (κ2) is 6.94. The highest BCUT2D eigenvalue weighted by atomic mass is 35.5. The highest BCUT2D eigenvalue weighted by Gasteiger charge is 2.37. The van der Waals surface area contributed by atoms with Crippen molar-refractivity contribution in [1.29, 1.82) is 0 Å². The summed E-state index contributed by atoms with van der Waals surface area (Å²) < 4.78 is 0. The molecule has 3 nitrogen and oxygen atoms in total. The summed E-state index contributed by atoms with van der Waals surface area (Å²) >= 11 is 0. The fourth-order valence-electron chi connectivity index (χ4n) is 4.21. The van der Waals surface area contributed by atoms with Crippen LogP contribution in [0.3, 0.4) is 0 Å². The predicted octanol–water partition coefficient (Wildman–Crippen LogP) is 2.59. The lowest BCUT2D eigenvalue weighted by Crippen LogP contribution is -2.47. The number of halogens is 1. The fraction of sp³-hybridized carbons (Fsp3) is 0.933. The minimum atomic E-state index is 0. The average Bonchev–Trinajstić information content (AvgIpc) is 2.87. The van der Waals surface area contributed by atoms with Gasteiger partial charge in [0.1, 0.15) is 0 Å². The summed E-state index contributed by atoms with van der Waals surface area (Å²) in [5.74, 6) is 1.93. The maximum atomic E-state index is 12.5. The summed E-state index contributed by atoms with van der Waals surface area (Å²) in [6, 6.07) is 0.605. The third kappa shape index (κ3) is 3.43. The van der Waals surface area contributed by atoms with E-state index in [4.69, 9.17) is 0 Å². The lowest BCUT2D eigenvalue weighted by atomic mass is 9.89. The van der Waals surface area contributed by atoms with Gasteiger partial charge in [0.15, 0.2) is 0 Å². The first-order valence-corrected chi connectivity index (χ1v) is 7.85. The number of fused-ring (bicyclic) bond motifs is 1. The first kappa shape index (κ1) is 15.1. The number of hydrogen-bond acceptors (Lipinski definition) is 2. The lowest BCUT2D eigenvalue weighted by Gasteiger charge is -2.38. The van der Waals surface area contributed by atoms with Crippen molar-refractivity contribution >= 4 is 18.3 Å². The monoisotopic (exact) mass is 286 g/mol. The molecular weight excluding hydrogens is 260 g/mol. The highest BCUT2D eigenvalue weighted by molar-refractivity contribution is 5.85. The van der Waals surface area contributed by atoms with Gasteiger partial charge in [-0.15, -0.1) is 12.4 Å². The maximum absolute atomic E-state index is 12.5. The smallest absolute Gasteiger partial charge is 0.223 e. The summed E-state index contributed by atoms with van der Waals surface area (Å²) in [4.78, 5) is 14.8. The molecule has 0 spiro atoms. The number of amides is 1. The van der Waals surface area contributed by atoms with Crippen molar-refractivity contribution in [3.05, 3.63) is 0 Å². The molecule has 3 fully saturated rings. The third-order valence-electron chi connectivity index (χ3n) is 5.24. The van der Waals surface area contributed by atoms with E-state index in [9.17, 15) is 4.79 Å². The van der Waals surface area contributed by atoms with E-state index in [0.717, 1.165) is 32.0 Å². The van der Waals surface area contributed by atoms with Crippen molar-refractivity contribution in [1.82, 2.24) is 10.2 Å². The Morgan fingerprint density at radius 1 is 1.05 bits per heavy atom. The predicted molar refractivity (Wildman–Crippen MR) is 79.5 cm³/mol. The third-order valence-corrected chi connectivity index (χ3v) is 5.24. The van der Waals surface area contributed by atoms with Gasteiger partial charge >= 0.3 is 0 Å². The molecule has 4 heteroatoms. The van der Waals surface area contributed by atoms with Crippen LogP contribution in [-0.4, -0.2) is 36.5 Å². The second-order valence-electron chi connectivity index (χ2n) is 6.39. The Morgan fingerprint density at radius 2 is 1.79 bits per heavy atom. The van der Waals surface area contributed by atoms with Crippen molar-refractivity contribution in [2.45, 2.75) is 57.4 Å². The number of hydrogen-bond donors (Lipinski definition) is 1. The summed E-state index contributed by atoms with van der Waals surface area (Å²) in [7, 11) is 0. The van der Waals surface area contributed by atoms with Gasteiger partial charge in [0.25, 0.3) is 0 Å². The summed E-state index contributed by atoms with van der Waals surface area (Å²) in [5, 5.41) is 3.38. The molecule has 0 aromatic heterocycles. The Hall–Kier alpha value is -0.280. The topological polar surface area (TPSA) is 32.3 Å². The molecule has 3 rings (SSSR count). The molecule has 0 bridgehead atoms. The first-order chi connectivity index (χ1) is 8.84. The Labute approximate surface area is 122 Å². The second-order valence-corrected chi connectivity index (χ2v) is 6.39. The molecule has 0 aromatic carbocycles. The summed E-state index contributed by atoms with van der Waals surface area (Å²) in [6.07, 6.45) is 9.75. The van der Waals surface area contributed by atoms with Crippen LogP contribution in [0.15, 0.2) is 0 Å². The van der Waals surface area contributed by atoms with Crippen molar-refractivity contribution in [2.24, 2.45) is 11.8 Å². The zero-order valence-electron chi connectivity index (χ0n) is 11.8. The van der Waals surface area contributed by atoms with E-state index in [0.29, 0.717) is 17.9 Å². The van der Waals surface area contributed by atoms with E-state index in [-0.39, 0.29) is 12.4 Å². The molecule has 2 unspecified atom stereocenters. The van der Waals surface area contributed by atoms with Gasteiger partial charge in [-0.2, -0.15) is 0 Å². The molecule has 1 N–H and O–H groups in total. The molecule has 3 aliphatic rings. The molecule has 0 radical (unpaired) electrons. The highest BCUT2D eigenvalue weighted by Crippen LogP contribution is 2.37. The van der Waals surface area contributed by atoms with Crippen LogP contribution >= 0.6 is 12.4 Å². The summed E-state index contributed by atoms with van der Waals surface area (Å²) in [6.45, 7) is 3.24. The molecule has 1 aliphatic carbocycles. The SMILES string of the molecule is Cl.O=C(CC1CCNCC1)N1CCCC2CCCC21. The van der Waals surface area contributed by atoms with Crippen LogP contribution < -0.4 is 5.32 Å². The van der Waals surface area contributed by atoms with Crippen molar-refractivity contribution in [3.63, 3.8) is 0 Å². The van der Waals surface area contributed by atoms with E-state index in [1.165, 1.54) is 44.9 Å². The van der Waals surface area contributed by atoms with Crippen LogP contribution in [0.1, 0.15) is 51.4 Å². The fourth-order valence-corrected chi connectivity index (χ4v) is 4.21. The van der Waals surface area contributed by atoms with Gasteiger partial charge in [0, 0.05) is 19.0 Å². The number of piperidine rings is 2. The number of carbonyl (C=O) groups excluding carboxylic acids is 1. The van der Waals surface area contributed by atoms with Crippen LogP contribution in [0.4, 0.5) is 0 Å². The zero-order chi connectivity index (χ0) is 12.4. The number of carbonyl (C=O) groups is 1. The minimum Gasteiger partial charge on any atom is -0.339 e. The Bertz CT molecular complexity index is 305. The minimum absolute atomic E-state index is 0. The number of nitrogens with one attached hydrogen (secondary N) is 1. The molecule has 2 saturated heterocycles. The van der Waals surface area contributed by atoms with Gasteiger partial charge in [-0.1, -0.05) is 6.42 Å². The normalized spacial score (nSPS) is 31.7. The number of rotatable bonds is 2. The van der Waals surface area contributed by atoms with E-state index < -0.39 is 0 Å². The zero-order valence-corrected chi connectivity index (χ0v) is 12.6. The van der Waals surface area contributed by atoms with Crippen LogP contribution in [0.2, 0.25) is 0 Å². The molecule has 110 valence electrons. The van der Waals surface area contributed by atoms with Crippen molar-refractivity contribution in [3.8, 4) is 0 Å². The van der Waals surface area contributed by atoms with Gasteiger partial charge < -0.3 is 10.2 Å². The quantitative estimate of drug-likeness (QED) is 0.846. The van der Waals surface area contributed by atoms with E-state index >= 15 is 0 Å². The van der Waals surface area contributed by atoms with E-state index in [1.54, 1.807) is 0 Å². The van der Waals surface area contributed by atoms with Crippen LogP contribution in [0.25, 0.3) is 0 Å². The molecule has 2 atom stereocenters. The standard InChI is InChI=1S/C15H26N2O.ClH/c18-15(11-12-6-8-16-9-7-12)17-10-2-4-13-3-1-5-14(13)17;/h12-14,16H,1-11H2;1H. The van der Waals surface area contributed by atoms with Gasteiger partial charge in [0.05, 0.1) is 0 Å². The summed E-state index contributed by atoms with van der Waals surface area (Å²) in [5.41, 5.74) is 0. The Morgan fingerprint density at radius 3 is 2.58 bits per heavy atom. The maximum Gasteiger partial charge on any atom is 0.223 e. The first-order valence-electron chi connectivity index (χ1n) is 7.85. The molecule has 2 heterocycles. The molecule has 1 amide bonds. The van der Waals surface area contributed by atoms with E-state index in [1.807, 2.05) is 0 Å². The molecular formula is C15H27ClN2O. The number of likely N-dealkylation sites (tertiary alicyclic amines) is 1. The van der Waals surface area contributed by atoms with E-state index in [2.05, 4.69) is 10.2 Å². The van der Waals surface area contributed by atoms with Gasteiger partial charge in [-0.25, -0.2) is 0 Å².